The lowest BCUT2D eigenvalue weighted by Gasteiger charge is -2.19. The number of benzene rings is 3. The summed E-state index contributed by atoms with van der Waals surface area (Å²) in [5, 5.41) is 13.6. The van der Waals surface area contributed by atoms with E-state index in [9.17, 15) is 19.7 Å². The van der Waals surface area contributed by atoms with E-state index in [0.29, 0.717) is 0 Å². The molecule has 3 aromatic carbocycles. The first kappa shape index (κ1) is 23.5. The summed E-state index contributed by atoms with van der Waals surface area (Å²) in [5.74, 6) is -1.15. The van der Waals surface area contributed by atoms with Gasteiger partial charge in [-0.25, -0.2) is 0 Å². The van der Waals surface area contributed by atoms with Crippen molar-refractivity contribution in [1.82, 2.24) is 0 Å². The normalized spacial score (nSPS) is 11.5. The molecule has 0 aliphatic rings. The molecule has 0 radical (unpaired) electrons. The van der Waals surface area contributed by atoms with E-state index >= 15 is 0 Å². The van der Waals surface area contributed by atoms with Crippen LogP contribution in [0.25, 0.3) is 0 Å². The minimum atomic E-state index is -1.12. The molecule has 0 heterocycles. The van der Waals surface area contributed by atoms with Gasteiger partial charge in [-0.15, -0.1) is 0 Å². The van der Waals surface area contributed by atoms with Crippen LogP contribution in [0.3, 0.4) is 0 Å². The van der Waals surface area contributed by atoms with E-state index in [1.807, 2.05) is 60.7 Å². The Morgan fingerprint density at radius 1 is 0.970 bits per heavy atom. The van der Waals surface area contributed by atoms with Gasteiger partial charge in [0.25, 0.3) is 11.6 Å². The number of carbonyl (C=O) groups excluding carboxylic acids is 2. The molecule has 0 saturated heterocycles. The predicted octanol–water partition coefficient (Wildman–Crippen LogP) is 4.70. The third kappa shape index (κ3) is 6.16. The number of ether oxygens (including phenoxy) is 2. The molecule has 33 heavy (non-hydrogen) atoms. The zero-order valence-corrected chi connectivity index (χ0v) is 18.3. The zero-order chi connectivity index (χ0) is 23.8. The number of esters is 1. The molecule has 8 nitrogen and oxygen atoms in total. The quantitative estimate of drug-likeness (QED) is 0.289. The van der Waals surface area contributed by atoms with E-state index < -0.39 is 22.9 Å². The summed E-state index contributed by atoms with van der Waals surface area (Å²) in [6.45, 7) is 1.44. The van der Waals surface area contributed by atoms with Crippen LogP contribution in [-0.4, -0.2) is 30.0 Å². The van der Waals surface area contributed by atoms with E-state index in [0.717, 1.165) is 11.1 Å². The van der Waals surface area contributed by atoms with Gasteiger partial charge in [0.2, 0.25) is 0 Å². The number of nitro benzene ring substituents is 1. The number of non-ortho nitro benzene ring substituents is 1. The lowest BCUT2D eigenvalue weighted by atomic mass is 9.88. The van der Waals surface area contributed by atoms with Gasteiger partial charge in [-0.1, -0.05) is 60.7 Å². The summed E-state index contributed by atoms with van der Waals surface area (Å²) in [5.41, 5.74) is 1.83. The number of nitrogens with one attached hydrogen (secondary N) is 1. The molecule has 1 N–H and O–H groups in total. The van der Waals surface area contributed by atoms with Crippen LogP contribution < -0.4 is 10.1 Å². The second kappa shape index (κ2) is 10.9. The number of nitro groups is 1. The first-order valence-corrected chi connectivity index (χ1v) is 10.3. The number of nitrogens with zero attached hydrogens (tertiary/aromatic N) is 1. The molecule has 0 aromatic heterocycles. The number of methoxy groups -OCH3 is 1. The highest BCUT2D eigenvalue weighted by molar-refractivity contribution is 5.96. The van der Waals surface area contributed by atoms with Gasteiger partial charge in [0, 0.05) is 18.1 Å². The van der Waals surface area contributed by atoms with Crippen LogP contribution in [0, 0.1) is 10.1 Å². The number of hydrogen-bond acceptors (Lipinski definition) is 6. The third-order valence-corrected chi connectivity index (χ3v) is 5.10. The smallest absolute Gasteiger partial charge is 0.307 e. The zero-order valence-electron chi connectivity index (χ0n) is 18.3. The highest BCUT2D eigenvalue weighted by Gasteiger charge is 2.24. The topological polar surface area (TPSA) is 108 Å². The molecular formula is C25H24N2O6. The van der Waals surface area contributed by atoms with Gasteiger partial charge in [0.1, 0.15) is 5.75 Å². The maximum absolute atomic E-state index is 12.7. The molecule has 170 valence electrons. The lowest BCUT2D eigenvalue weighted by molar-refractivity contribution is -0.384. The van der Waals surface area contributed by atoms with Crippen LogP contribution in [0.2, 0.25) is 0 Å². The van der Waals surface area contributed by atoms with Gasteiger partial charge in [0.15, 0.2) is 6.10 Å². The maximum atomic E-state index is 12.7. The van der Waals surface area contributed by atoms with Gasteiger partial charge >= 0.3 is 5.97 Å². The van der Waals surface area contributed by atoms with Crippen LogP contribution in [0.1, 0.15) is 30.4 Å². The molecule has 8 heteroatoms. The molecule has 1 amide bonds. The number of hydrogen-bond donors (Lipinski definition) is 1. The van der Waals surface area contributed by atoms with Crippen molar-refractivity contribution in [2.75, 3.05) is 12.4 Å². The van der Waals surface area contributed by atoms with Crippen molar-refractivity contribution in [3.05, 3.63) is 100 Å². The Kier molecular flexibility index (Phi) is 7.75. The fourth-order valence-electron chi connectivity index (χ4n) is 3.41. The second-order valence-corrected chi connectivity index (χ2v) is 7.34. The standard InChI is InChI=1S/C25H24N2O6/c1-17(25(29)26-22-15-20(27(30)31)13-14-23(22)32-2)33-24(28)16-21(18-9-5-3-6-10-18)19-11-7-4-8-12-19/h3-15,17,21H,16H2,1-2H3,(H,26,29). The first-order valence-electron chi connectivity index (χ1n) is 10.3. The molecule has 0 aliphatic carbocycles. The van der Waals surface area contributed by atoms with Crippen LogP contribution in [-0.2, 0) is 14.3 Å². The number of carbonyl (C=O) groups is 2. The minimum absolute atomic E-state index is 0.0474. The van der Waals surface area contributed by atoms with Crippen molar-refractivity contribution in [2.24, 2.45) is 0 Å². The van der Waals surface area contributed by atoms with Crippen molar-refractivity contribution < 1.29 is 24.0 Å². The van der Waals surface area contributed by atoms with Crippen LogP contribution >= 0.6 is 0 Å². The van der Waals surface area contributed by atoms with Gasteiger partial charge in [0.05, 0.1) is 24.1 Å². The summed E-state index contributed by atoms with van der Waals surface area (Å²) in [4.78, 5) is 35.8. The molecular weight excluding hydrogens is 424 g/mol. The van der Waals surface area contributed by atoms with Crippen LogP contribution in [0.4, 0.5) is 11.4 Å². The van der Waals surface area contributed by atoms with Gasteiger partial charge in [-0.05, 0) is 24.1 Å². The molecule has 0 fully saturated rings. The van der Waals surface area contributed by atoms with Crippen molar-refractivity contribution in [3.8, 4) is 5.75 Å². The average molecular weight is 448 g/mol. The van der Waals surface area contributed by atoms with Crippen LogP contribution in [0.5, 0.6) is 5.75 Å². The van der Waals surface area contributed by atoms with E-state index in [-0.39, 0.29) is 29.5 Å². The Labute approximate surface area is 191 Å². The molecule has 0 bridgehead atoms. The van der Waals surface area contributed by atoms with Gasteiger partial charge < -0.3 is 14.8 Å². The van der Waals surface area contributed by atoms with Crippen LogP contribution in [0.15, 0.2) is 78.9 Å². The first-order chi connectivity index (χ1) is 15.9. The van der Waals surface area contributed by atoms with Crippen molar-refractivity contribution in [1.29, 1.82) is 0 Å². The van der Waals surface area contributed by atoms with Crippen molar-refractivity contribution in [3.63, 3.8) is 0 Å². The summed E-state index contributed by atoms with van der Waals surface area (Å²) in [6.07, 6.45) is -1.07. The second-order valence-electron chi connectivity index (χ2n) is 7.34. The molecule has 1 unspecified atom stereocenters. The molecule has 0 saturated carbocycles. The summed E-state index contributed by atoms with van der Waals surface area (Å²) in [6, 6.07) is 23.0. The van der Waals surface area contributed by atoms with E-state index in [1.165, 1.54) is 32.2 Å². The lowest BCUT2D eigenvalue weighted by Crippen LogP contribution is -2.30. The Hall–Kier alpha value is -4.20. The van der Waals surface area contributed by atoms with Crippen molar-refractivity contribution >= 4 is 23.3 Å². The Balaban J connectivity index is 1.70. The highest BCUT2D eigenvalue weighted by atomic mass is 16.6. The van der Waals surface area contributed by atoms with E-state index in [2.05, 4.69) is 5.32 Å². The summed E-state index contributed by atoms with van der Waals surface area (Å²) < 4.78 is 10.5. The fraction of sp³-hybridized carbons (Fsp3) is 0.200. The monoisotopic (exact) mass is 448 g/mol. The molecule has 0 spiro atoms. The maximum Gasteiger partial charge on any atom is 0.307 e. The van der Waals surface area contributed by atoms with E-state index in [4.69, 9.17) is 9.47 Å². The predicted molar refractivity (Wildman–Crippen MR) is 123 cm³/mol. The minimum Gasteiger partial charge on any atom is -0.495 e. The molecule has 3 rings (SSSR count). The molecule has 1 atom stereocenters. The summed E-state index contributed by atoms with van der Waals surface area (Å²) >= 11 is 0. The Morgan fingerprint density at radius 2 is 1.55 bits per heavy atom. The van der Waals surface area contributed by atoms with Gasteiger partial charge in [-0.3, -0.25) is 19.7 Å². The number of rotatable bonds is 9. The SMILES string of the molecule is COc1ccc([N+](=O)[O-])cc1NC(=O)C(C)OC(=O)CC(c1ccccc1)c1ccccc1. The number of anilines is 1. The summed E-state index contributed by atoms with van der Waals surface area (Å²) in [7, 11) is 1.38. The Bertz CT molecular complexity index is 1080. The van der Waals surface area contributed by atoms with E-state index in [1.54, 1.807) is 0 Å². The van der Waals surface area contributed by atoms with Gasteiger partial charge in [-0.2, -0.15) is 0 Å². The third-order valence-electron chi connectivity index (χ3n) is 5.10. The fourth-order valence-corrected chi connectivity index (χ4v) is 3.41. The van der Waals surface area contributed by atoms with Crippen molar-refractivity contribution in [2.45, 2.75) is 25.4 Å². The Morgan fingerprint density at radius 3 is 2.06 bits per heavy atom. The largest absolute Gasteiger partial charge is 0.495 e. The molecule has 0 aliphatic heterocycles. The molecule has 3 aromatic rings. The number of amides is 1. The highest BCUT2D eigenvalue weighted by Crippen LogP contribution is 2.30. The average Bonchev–Trinajstić information content (AvgIpc) is 2.83.